The van der Waals surface area contributed by atoms with Crippen LogP contribution in [0, 0.1) is 5.92 Å². The highest BCUT2D eigenvalue weighted by atomic mass is 16.1. The van der Waals surface area contributed by atoms with Gasteiger partial charge in [-0.05, 0) is 13.8 Å². The van der Waals surface area contributed by atoms with Crippen LogP contribution < -0.4 is 5.32 Å². The molecule has 0 saturated carbocycles. The number of carbonyl (C=O) groups is 1. The Balaban J connectivity index is 2.40. The van der Waals surface area contributed by atoms with Gasteiger partial charge in [0, 0.05) is 31.1 Å². The standard InChI is InChI=1S/C11H22N2O/c1-8(2)11(14)7-13-5-9(3)12-10(4)6-13/h8-10,12H,5-7H2,1-4H3. The molecule has 1 fully saturated rings. The highest BCUT2D eigenvalue weighted by Crippen LogP contribution is 2.05. The van der Waals surface area contributed by atoms with Crippen LogP contribution in [0.25, 0.3) is 0 Å². The fourth-order valence-corrected chi connectivity index (χ4v) is 1.97. The van der Waals surface area contributed by atoms with Crippen LogP contribution in [0.15, 0.2) is 0 Å². The second kappa shape index (κ2) is 4.89. The summed E-state index contributed by atoms with van der Waals surface area (Å²) in [6.45, 7) is 10.9. The second-order valence-electron chi connectivity index (χ2n) is 4.78. The first kappa shape index (κ1) is 11.7. The SMILES string of the molecule is CC1CN(CC(=O)C(C)C)CC(C)N1. The van der Waals surface area contributed by atoms with Crippen LogP contribution in [0.4, 0.5) is 0 Å². The molecule has 1 heterocycles. The van der Waals surface area contributed by atoms with Crippen molar-refractivity contribution in [2.75, 3.05) is 19.6 Å². The van der Waals surface area contributed by atoms with Gasteiger partial charge >= 0.3 is 0 Å². The third kappa shape index (κ3) is 3.39. The van der Waals surface area contributed by atoms with E-state index < -0.39 is 0 Å². The summed E-state index contributed by atoms with van der Waals surface area (Å²) in [6, 6.07) is 0.998. The van der Waals surface area contributed by atoms with Crippen molar-refractivity contribution in [1.29, 1.82) is 0 Å². The lowest BCUT2D eigenvalue weighted by Crippen LogP contribution is -2.55. The quantitative estimate of drug-likeness (QED) is 0.731. The first-order valence-electron chi connectivity index (χ1n) is 5.50. The van der Waals surface area contributed by atoms with Gasteiger partial charge in [-0.2, -0.15) is 0 Å². The minimum absolute atomic E-state index is 0.162. The first-order chi connectivity index (χ1) is 6.49. The third-order valence-electron chi connectivity index (χ3n) is 2.66. The number of nitrogens with one attached hydrogen (secondary N) is 1. The van der Waals surface area contributed by atoms with Gasteiger partial charge < -0.3 is 5.32 Å². The van der Waals surface area contributed by atoms with E-state index in [1.165, 1.54) is 0 Å². The van der Waals surface area contributed by atoms with Crippen LogP contribution in [0.5, 0.6) is 0 Å². The van der Waals surface area contributed by atoms with E-state index in [0.717, 1.165) is 13.1 Å². The highest BCUT2D eigenvalue weighted by Gasteiger charge is 2.22. The largest absolute Gasteiger partial charge is 0.309 e. The Labute approximate surface area is 86.9 Å². The monoisotopic (exact) mass is 198 g/mol. The predicted octanol–water partition coefficient (Wildman–Crippen LogP) is 0.894. The molecule has 0 amide bonds. The zero-order chi connectivity index (χ0) is 10.7. The van der Waals surface area contributed by atoms with Gasteiger partial charge in [0.1, 0.15) is 5.78 Å². The van der Waals surface area contributed by atoms with Crippen LogP contribution in [-0.4, -0.2) is 42.4 Å². The summed E-state index contributed by atoms with van der Waals surface area (Å²) in [7, 11) is 0. The maximum Gasteiger partial charge on any atom is 0.149 e. The average Bonchev–Trinajstić information content (AvgIpc) is 2.01. The van der Waals surface area contributed by atoms with E-state index in [1.54, 1.807) is 0 Å². The molecule has 2 unspecified atom stereocenters. The second-order valence-corrected chi connectivity index (χ2v) is 4.78. The lowest BCUT2D eigenvalue weighted by atomic mass is 10.1. The van der Waals surface area contributed by atoms with E-state index in [4.69, 9.17) is 0 Å². The van der Waals surface area contributed by atoms with Gasteiger partial charge in [-0.1, -0.05) is 13.8 Å². The zero-order valence-corrected chi connectivity index (χ0v) is 9.71. The Hall–Kier alpha value is -0.410. The molecule has 0 radical (unpaired) electrons. The van der Waals surface area contributed by atoms with Gasteiger partial charge in [-0.15, -0.1) is 0 Å². The molecule has 82 valence electrons. The number of carbonyl (C=O) groups excluding carboxylic acids is 1. The maximum absolute atomic E-state index is 11.6. The van der Waals surface area contributed by atoms with Gasteiger partial charge in [-0.3, -0.25) is 9.69 Å². The zero-order valence-electron chi connectivity index (χ0n) is 9.71. The molecule has 2 atom stereocenters. The number of piperazine rings is 1. The Morgan fingerprint density at radius 3 is 2.29 bits per heavy atom. The molecule has 1 aliphatic rings. The van der Waals surface area contributed by atoms with Crippen LogP contribution in [0.3, 0.4) is 0 Å². The van der Waals surface area contributed by atoms with Gasteiger partial charge in [0.15, 0.2) is 0 Å². The molecule has 1 N–H and O–H groups in total. The highest BCUT2D eigenvalue weighted by molar-refractivity contribution is 5.82. The molecule has 0 aromatic rings. The van der Waals surface area contributed by atoms with E-state index in [0.29, 0.717) is 24.4 Å². The molecule has 0 bridgehead atoms. The van der Waals surface area contributed by atoms with E-state index in [9.17, 15) is 4.79 Å². The number of nitrogens with zero attached hydrogens (tertiary/aromatic N) is 1. The Kier molecular flexibility index (Phi) is 4.08. The number of hydrogen-bond donors (Lipinski definition) is 1. The fraction of sp³-hybridized carbons (Fsp3) is 0.909. The van der Waals surface area contributed by atoms with E-state index in [1.807, 2.05) is 13.8 Å². The smallest absolute Gasteiger partial charge is 0.149 e. The Bertz CT molecular complexity index is 193. The third-order valence-corrected chi connectivity index (χ3v) is 2.66. The molecule has 1 aliphatic heterocycles. The first-order valence-corrected chi connectivity index (χ1v) is 5.50. The van der Waals surface area contributed by atoms with Gasteiger partial charge in [0.05, 0.1) is 6.54 Å². The lowest BCUT2D eigenvalue weighted by Gasteiger charge is -2.35. The van der Waals surface area contributed by atoms with Crippen molar-refractivity contribution >= 4 is 5.78 Å². The van der Waals surface area contributed by atoms with Crippen molar-refractivity contribution in [2.24, 2.45) is 5.92 Å². The molecule has 1 rings (SSSR count). The molecule has 0 aromatic heterocycles. The lowest BCUT2D eigenvalue weighted by molar-refractivity contribution is -0.123. The van der Waals surface area contributed by atoms with Gasteiger partial charge in [0.25, 0.3) is 0 Å². The summed E-state index contributed by atoms with van der Waals surface area (Å²) < 4.78 is 0. The molecular formula is C11H22N2O. The van der Waals surface area contributed by atoms with Crippen molar-refractivity contribution < 1.29 is 4.79 Å². The molecule has 3 nitrogen and oxygen atoms in total. The average molecular weight is 198 g/mol. The maximum atomic E-state index is 11.6. The van der Waals surface area contributed by atoms with E-state index in [-0.39, 0.29) is 5.92 Å². The Morgan fingerprint density at radius 2 is 1.86 bits per heavy atom. The summed E-state index contributed by atoms with van der Waals surface area (Å²) in [5, 5.41) is 3.46. The van der Waals surface area contributed by atoms with Crippen molar-refractivity contribution in [3.63, 3.8) is 0 Å². The minimum Gasteiger partial charge on any atom is -0.309 e. The number of hydrogen-bond acceptors (Lipinski definition) is 3. The topological polar surface area (TPSA) is 32.3 Å². The predicted molar refractivity (Wildman–Crippen MR) is 58.3 cm³/mol. The van der Waals surface area contributed by atoms with E-state index in [2.05, 4.69) is 24.1 Å². The summed E-state index contributed by atoms with van der Waals surface area (Å²) >= 11 is 0. The summed E-state index contributed by atoms with van der Waals surface area (Å²) in [4.78, 5) is 13.8. The van der Waals surface area contributed by atoms with Crippen LogP contribution in [-0.2, 0) is 4.79 Å². The fourth-order valence-electron chi connectivity index (χ4n) is 1.97. The van der Waals surface area contributed by atoms with Crippen LogP contribution in [0.2, 0.25) is 0 Å². The molecule has 0 aliphatic carbocycles. The number of rotatable bonds is 3. The molecule has 3 heteroatoms. The normalized spacial score (nSPS) is 29.5. The van der Waals surface area contributed by atoms with Crippen molar-refractivity contribution in [1.82, 2.24) is 10.2 Å². The molecule has 1 saturated heterocycles. The Morgan fingerprint density at radius 1 is 1.36 bits per heavy atom. The minimum atomic E-state index is 0.162. The van der Waals surface area contributed by atoms with Crippen LogP contribution >= 0.6 is 0 Å². The summed E-state index contributed by atoms with van der Waals surface area (Å²) in [5.74, 6) is 0.516. The van der Waals surface area contributed by atoms with Gasteiger partial charge in [-0.25, -0.2) is 0 Å². The van der Waals surface area contributed by atoms with Crippen LogP contribution in [0.1, 0.15) is 27.7 Å². The van der Waals surface area contributed by atoms with Crippen molar-refractivity contribution in [3.05, 3.63) is 0 Å². The molecule has 0 aromatic carbocycles. The molecular weight excluding hydrogens is 176 g/mol. The molecule has 0 spiro atoms. The van der Waals surface area contributed by atoms with Crippen molar-refractivity contribution in [2.45, 2.75) is 39.8 Å². The molecule has 14 heavy (non-hydrogen) atoms. The van der Waals surface area contributed by atoms with Gasteiger partial charge in [0.2, 0.25) is 0 Å². The van der Waals surface area contributed by atoms with Crippen molar-refractivity contribution in [3.8, 4) is 0 Å². The number of Topliss-reactive ketones (excluding diaryl/α,β-unsaturated/α-hetero) is 1. The summed E-state index contributed by atoms with van der Waals surface area (Å²) in [5.41, 5.74) is 0. The summed E-state index contributed by atoms with van der Waals surface area (Å²) in [6.07, 6.45) is 0. The van der Waals surface area contributed by atoms with E-state index >= 15 is 0 Å². The number of ketones is 1.